The van der Waals surface area contributed by atoms with Crippen LogP contribution in [0, 0.1) is 5.41 Å². The lowest BCUT2D eigenvalue weighted by Gasteiger charge is -2.21. The van der Waals surface area contributed by atoms with Crippen LogP contribution in [0.4, 0.5) is 0 Å². The third-order valence-electron chi connectivity index (χ3n) is 3.50. The van der Waals surface area contributed by atoms with Crippen molar-refractivity contribution in [3.05, 3.63) is 18.2 Å². The van der Waals surface area contributed by atoms with E-state index in [9.17, 15) is 4.79 Å². The standard InChI is InChI=1S/C12H18N2O/c1-12(5-3-10(15)9-12)6-4-11-13-7-8-14(11)2/h7-8H,3-6,9H2,1-2H3. The first-order valence-electron chi connectivity index (χ1n) is 5.57. The summed E-state index contributed by atoms with van der Waals surface area (Å²) in [6.45, 7) is 2.22. The van der Waals surface area contributed by atoms with E-state index >= 15 is 0 Å². The Morgan fingerprint density at radius 1 is 1.60 bits per heavy atom. The zero-order valence-corrected chi connectivity index (χ0v) is 9.49. The van der Waals surface area contributed by atoms with E-state index in [0.717, 1.165) is 37.9 Å². The van der Waals surface area contributed by atoms with Gasteiger partial charge in [0.15, 0.2) is 0 Å². The minimum atomic E-state index is 0.225. The molecule has 1 fully saturated rings. The Hall–Kier alpha value is -1.12. The van der Waals surface area contributed by atoms with Crippen LogP contribution in [-0.4, -0.2) is 15.3 Å². The van der Waals surface area contributed by atoms with Gasteiger partial charge in [0.25, 0.3) is 0 Å². The number of ketones is 1. The van der Waals surface area contributed by atoms with Gasteiger partial charge in [0.05, 0.1) is 0 Å². The van der Waals surface area contributed by atoms with Gasteiger partial charge in [0.2, 0.25) is 0 Å². The first-order chi connectivity index (χ1) is 7.09. The molecule has 1 saturated carbocycles. The lowest BCUT2D eigenvalue weighted by Crippen LogP contribution is -2.14. The molecule has 1 aromatic heterocycles. The van der Waals surface area contributed by atoms with Crippen molar-refractivity contribution in [1.82, 2.24) is 9.55 Å². The van der Waals surface area contributed by atoms with E-state index in [-0.39, 0.29) is 5.41 Å². The molecule has 0 aliphatic heterocycles. The molecule has 1 aliphatic carbocycles. The molecule has 1 aromatic rings. The summed E-state index contributed by atoms with van der Waals surface area (Å²) < 4.78 is 2.06. The number of hydrogen-bond donors (Lipinski definition) is 0. The zero-order chi connectivity index (χ0) is 10.9. The molecule has 2 rings (SSSR count). The van der Waals surface area contributed by atoms with Crippen molar-refractivity contribution in [2.24, 2.45) is 12.5 Å². The minimum Gasteiger partial charge on any atom is -0.338 e. The molecule has 0 bridgehead atoms. The zero-order valence-electron chi connectivity index (χ0n) is 9.49. The Balaban J connectivity index is 1.93. The fourth-order valence-electron chi connectivity index (χ4n) is 2.36. The van der Waals surface area contributed by atoms with Crippen LogP contribution in [0.5, 0.6) is 0 Å². The highest BCUT2D eigenvalue weighted by molar-refractivity contribution is 5.81. The lowest BCUT2D eigenvalue weighted by atomic mass is 9.84. The maximum atomic E-state index is 11.3. The van der Waals surface area contributed by atoms with E-state index in [1.54, 1.807) is 0 Å². The lowest BCUT2D eigenvalue weighted by molar-refractivity contribution is -0.118. The molecule has 0 aromatic carbocycles. The van der Waals surface area contributed by atoms with E-state index in [1.165, 1.54) is 0 Å². The van der Waals surface area contributed by atoms with Crippen LogP contribution in [0.2, 0.25) is 0 Å². The molecule has 3 heteroatoms. The second-order valence-corrected chi connectivity index (χ2v) is 4.98. The van der Waals surface area contributed by atoms with Gasteiger partial charge in [-0.1, -0.05) is 6.92 Å². The summed E-state index contributed by atoms with van der Waals surface area (Å²) in [5.41, 5.74) is 0.225. The maximum Gasteiger partial charge on any atom is 0.133 e. The van der Waals surface area contributed by atoms with E-state index in [1.807, 2.05) is 19.4 Å². The molecule has 0 spiro atoms. The predicted molar refractivity (Wildman–Crippen MR) is 58.5 cm³/mol. The fourth-order valence-corrected chi connectivity index (χ4v) is 2.36. The third-order valence-corrected chi connectivity index (χ3v) is 3.50. The molecule has 1 unspecified atom stereocenters. The van der Waals surface area contributed by atoms with Crippen molar-refractivity contribution < 1.29 is 4.79 Å². The molecular formula is C12H18N2O. The van der Waals surface area contributed by atoms with E-state index in [0.29, 0.717) is 5.78 Å². The van der Waals surface area contributed by atoms with Crippen molar-refractivity contribution in [3.63, 3.8) is 0 Å². The quantitative estimate of drug-likeness (QED) is 0.759. The highest BCUT2D eigenvalue weighted by atomic mass is 16.1. The number of aromatic nitrogens is 2. The van der Waals surface area contributed by atoms with Crippen LogP contribution >= 0.6 is 0 Å². The Labute approximate surface area is 90.5 Å². The van der Waals surface area contributed by atoms with Gasteiger partial charge in [-0.3, -0.25) is 4.79 Å². The second-order valence-electron chi connectivity index (χ2n) is 4.98. The number of rotatable bonds is 3. The van der Waals surface area contributed by atoms with Gasteiger partial charge in [-0.15, -0.1) is 0 Å². The number of carbonyl (C=O) groups excluding carboxylic acids is 1. The summed E-state index contributed by atoms with van der Waals surface area (Å²) in [6.07, 6.45) is 8.44. The van der Waals surface area contributed by atoms with Gasteiger partial charge in [-0.2, -0.15) is 0 Å². The van der Waals surface area contributed by atoms with E-state index in [4.69, 9.17) is 0 Å². The number of carbonyl (C=O) groups is 1. The van der Waals surface area contributed by atoms with Gasteiger partial charge >= 0.3 is 0 Å². The van der Waals surface area contributed by atoms with Crippen LogP contribution in [0.3, 0.4) is 0 Å². The molecule has 0 saturated heterocycles. The van der Waals surface area contributed by atoms with E-state index < -0.39 is 0 Å². The molecule has 82 valence electrons. The molecule has 0 amide bonds. The minimum absolute atomic E-state index is 0.225. The maximum absolute atomic E-state index is 11.3. The third kappa shape index (κ3) is 2.28. The van der Waals surface area contributed by atoms with Crippen molar-refractivity contribution in [2.45, 2.75) is 39.0 Å². The van der Waals surface area contributed by atoms with Crippen molar-refractivity contribution >= 4 is 5.78 Å². The summed E-state index contributed by atoms with van der Waals surface area (Å²) in [7, 11) is 2.02. The normalized spacial score (nSPS) is 26.1. The van der Waals surface area contributed by atoms with Crippen LogP contribution in [0.25, 0.3) is 0 Å². The molecule has 15 heavy (non-hydrogen) atoms. The molecule has 1 aliphatic rings. The van der Waals surface area contributed by atoms with E-state index in [2.05, 4.69) is 16.5 Å². The van der Waals surface area contributed by atoms with Crippen molar-refractivity contribution in [2.75, 3.05) is 0 Å². The average Bonchev–Trinajstić information content (AvgIpc) is 2.71. The van der Waals surface area contributed by atoms with Crippen molar-refractivity contribution in [1.29, 1.82) is 0 Å². The summed E-state index contributed by atoms with van der Waals surface area (Å²) in [6, 6.07) is 0. The monoisotopic (exact) mass is 206 g/mol. The summed E-state index contributed by atoms with van der Waals surface area (Å²) in [5.74, 6) is 1.55. The van der Waals surface area contributed by atoms with Crippen LogP contribution < -0.4 is 0 Å². The highest BCUT2D eigenvalue weighted by Crippen LogP contribution is 2.39. The molecule has 0 radical (unpaired) electrons. The number of aryl methyl sites for hydroxylation is 2. The second kappa shape index (κ2) is 3.80. The number of nitrogens with zero attached hydrogens (tertiary/aromatic N) is 2. The van der Waals surface area contributed by atoms with Gasteiger partial charge in [-0.25, -0.2) is 4.98 Å². The topological polar surface area (TPSA) is 34.9 Å². The van der Waals surface area contributed by atoms with Gasteiger partial charge in [0.1, 0.15) is 11.6 Å². The highest BCUT2D eigenvalue weighted by Gasteiger charge is 2.33. The van der Waals surface area contributed by atoms with Gasteiger partial charge in [-0.05, 0) is 18.3 Å². The molecule has 3 nitrogen and oxygen atoms in total. The van der Waals surface area contributed by atoms with Crippen LogP contribution in [0.1, 0.15) is 38.4 Å². The first-order valence-corrected chi connectivity index (χ1v) is 5.57. The number of Topliss-reactive ketones (excluding diaryl/α,β-unsaturated/α-hetero) is 1. The van der Waals surface area contributed by atoms with Gasteiger partial charge < -0.3 is 4.57 Å². The molecular weight excluding hydrogens is 188 g/mol. The average molecular weight is 206 g/mol. The Kier molecular flexibility index (Phi) is 2.63. The van der Waals surface area contributed by atoms with Crippen LogP contribution in [-0.2, 0) is 18.3 Å². The smallest absolute Gasteiger partial charge is 0.133 e. The SMILES string of the molecule is Cn1ccnc1CCC1(C)CCC(=O)C1. The largest absolute Gasteiger partial charge is 0.338 e. The molecule has 1 heterocycles. The van der Waals surface area contributed by atoms with Crippen molar-refractivity contribution in [3.8, 4) is 0 Å². The van der Waals surface area contributed by atoms with Crippen LogP contribution in [0.15, 0.2) is 12.4 Å². The summed E-state index contributed by atoms with van der Waals surface area (Å²) in [5, 5.41) is 0. The predicted octanol–water partition coefficient (Wildman–Crippen LogP) is 2.11. The molecule has 1 atom stereocenters. The molecule has 0 N–H and O–H groups in total. The Morgan fingerprint density at radius 2 is 2.40 bits per heavy atom. The Morgan fingerprint density at radius 3 is 2.93 bits per heavy atom. The fraction of sp³-hybridized carbons (Fsp3) is 0.667. The number of imidazole rings is 1. The Bertz CT molecular complexity index is 369. The summed E-state index contributed by atoms with van der Waals surface area (Å²) >= 11 is 0. The number of hydrogen-bond acceptors (Lipinski definition) is 2. The summed E-state index contributed by atoms with van der Waals surface area (Å²) in [4.78, 5) is 15.6. The first kappa shape index (κ1) is 10.4. The van der Waals surface area contributed by atoms with Gasteiger partial charge in [0, 0.05) is 38.7 Å².